The molecule has 21 heavy (non-hydrogen) atoms. The van der Waals surface area contributed by atoms with Crippen molar-refractivity contribution >= 4 is 21.6 Å². The molecule has 1 aliphatic carbocycles. The van der Waals surface area contributed by atoms with Gasteiger partial charge in [0, 0.05) is 10.5 Å². The Bertz CT molecular complexity index is 461. The number of aryl methyl sites for hydroxylation is 2. The number of hydrogen-bond donors (Lipinski definition) is 1. The Morgan fingerprint density at radius 1 is 1.14 bits per heavy atom. The molecule has 0 amide bonds. The zero-order valence-electron chi connectivity index (χ0n) is 14.2. The predicted octanol–water partition coefficient (Wildman–Crippen LogP) is 6.47. The molecule has 1 fully saturated rings. The summed E-state index contributed by atoms with van der Waals surface area (Å²) in [7, 11) is 0. The summed E-state index contributed by atoms with van der Waals surface area (Å²) in [6, 6.07) is 5.10. The third kappa shape index (κ3) is 4.03. The third-order valence-electron chi connectivity index (χ3n) is 5.52. The maximum Gasteiger partial charge on any atom is 0.0516 e. The number of nitrogens with one attached hydrogen (secondary N) is 1. The second kappa shape index (κ2) is 6.73. The molecule has 0 heterocycles. The first-order valence-corrected chi connectivity index (χ1v) is 9.16. The van der Waals surface area contributed by atoms with Gasteiger partial charge in [-0.3, -0.25) is 0 Å². The third-order valence-corrected chi connectivity index (χ3v) is 6.15. The van der Waals surface area contributed by atoms with Crippen LogP contribution in [0.15, 0.2) is 16.6 Å². The largest absolute Gasteiger partial charge is 0.381 e. The molecule has 118 valence electrons. The van der Waals surface area contributed by atoms with E-state index in [1.807, 2.05) is 0 Å². The summed E-state index contributed by atoms with van der Waals surface area (Å²) in [5.74, 6) is 0.892. The van der Waals surface area contributed by atoms with Gasteiger partial charge in [0.2, 0.25) is 0 Å². The minimum atomic E-state index is 0.505. The summed E-state index contributed by atoms with van der Waals surface area (Å²) < 4.78 is 1.20. The first-order valence-electron chi connectivity index (χ1n) is 8.36. The van der Waals surface area contributed by atoms with E-state index >= 15 is 0 Å². The lowest BCUT2D eigenvalue weighted by Crippen LogP contribution is -2.33. The first-order chi connectivity index (χ1) is 9.83. The van der Waals surface area contributed by atoms with Crippen molar-refractivity contribution in [3.8, 4) is 0 Å². The zero-order valence-corrected chi connectivity index (χ0v) is 15.8. The van der Waals surface area contributed by atoms with Crippen LogP contribution in [-0.4, -0.2) is 6.04 Å². The molecule has 0 saturated heterocycles. The summed E-state index contributed by atoms with van der Waals surface area (Å²) in [5.41, 5.74) is 4.46. The van der Waals surface area contributed by atoms with Gasteiger partial charge in [-0.25, -0.2) is 0 Å². The van der Waals surface area contributed by atoms with Crippen molar-refractivity contribution in [3.05, 3.63) is 27.7 Å². The highest BCUT2D eigenvalue weighted by Gasteiger charge is 2.31. The first kappa shape index (κ1) is 16.9. The molecule has 0 bridgehead atoms. The lowest BCUT2D eigenvalue weighted by Gasteiger charge is -2.39. The second-order valence-electron chi connectivity index (χ2n) is 7.47. The normalized spacial score (nSPS) is 23.1. The van der Waals surface area contributed by atoms with E-state index in [4.69, 9.17) is 0 Å². The van der Waals surface area contributed by atoms with E-state index < -0.39 is 0 Å². The summed E-state index contributed by atoms with van der Waals surface area (Å²) in [5, 5.41) is 3.79. The number of hydrogen-bond acceptors (Lipinski definition) is 1. The lowest BCUT2D eigenvalue weighted by atomic mass is 9.69. The molecule has 1 N–H and O–H groups in total. The molecule has 0 aromatic heterocycles. The maximum atomic E-state index is 3.79. The highest BCUT2D eigenvalue weighted by molar-refractivity contribution is 9.10. The summed E-state index contributed by atoms with van der Waals surface area (Å²) >= 11 is 3.72. The van der Waals surface area contributed by atoms with Crippen molar-refractivity contribution in [2.24, 2.45) is 11.3 Å². The summed E-state index contributed by atoms with van der Waals surface area (Å²) in [6.07, 6.45) is 6.61. The van der Waals surface area contributed by atoms with Crippen LogP contribution in [0.25, 0.3) is 0 Å². The monoisotopic (exact) mass is 351 g/mol. The SMILES string of the molecule is CCC(C)(C)C1CCC(Nc2c(C)cc(C)cc2Br)CC1. The quantitative estimate of drug-likeness (QED) is 0.654. The molecule has 1 aliphatic rings. The zero-order chi connectivity index (χ0) is 15.6. The van der Waals surface area contributed by atoms with Crippen LogP contribution in [-0.2, 0) is 0 Å². The minimum absolute atomic E-state index is 0.505. The molecule has 2 rings (SSSR count). The summed E-state index contributed by atoms with van der Waals surface area (Å²) in [4.78, 5) is 0. The van der Waals surface area contributed by atoms with E-state index in [0.717, 1.165) is 5.92 Å². The topological polar surface area (TPSA) is 12.0 Å². The van der Waals surface area contributed by atoms with E-state index in [9.17, 15) is 0 Å². The molecule has 0 aliphatic heterocycles. The van der Waals surface area contributed by atoms with Crippen LogP contribution < -0.4 is 5.32 Å². The molecule has 0 spiro atoms. The fourth-order valence-corrected chi connectivity index (χ4v) is 4.40. The Balaban J connectivity index is 1.98. The Hall–Kier alpha value is -0.500. The lowest BCUT2D eigenvalue weighted by molar-refractivity contribution is 0.147. The van der Waals surface area contributed by atoms with Crippen LogP contribution >= 0.6 is 15.9 Å². The van der Waals surface area contributed by atoms with Crippen molar-refractivity contribution < 1.29 is 0 Å². The van der Waals surface area contributed by atoms with Gasteiger partial charge in [0.25, 0.3) is 0 Å². The van der Waals surface area contributed by atoms with Gasteiger partial charge in [0.1, 0.15) is 0 Å². The smallest absolute Gasteiger partial charge is 0.0516 e. The van der Waals surface area contributed by atoms with Crippen molar-refractivity contribution in [3.63, 3.8) is 0 Å². The van der Waals surface area contributed by atoms with Crippen LogP contribution in [0, 0.1) is 25.2 Å². The van der Waals surface area contributed by atoms with Gasteiger partial charge in [-0.1, -0.05) is 33.3 Å². The minimum Gasteiger partial charge on any atom is -0.381 e. The number of halogens is 1. The van der Waals surface area contributed by atoms with E-state index in [1.54, 1.807) is 0 Å². The van der Waals surface area contributed by atoms with E-state index in [0.29, 0.717) is 11.5 Å². The molecular weight excluding hydrogens is 322 g/mol. The van der Waals surface area contributed by atoms with Crippen molar-refractivity contribution in [2.45, 2.75) is 72.8 Å². The van der Waals surface area contributed by atoms with Crippen molar-refractivity contribution in [1.82, 2.24) is 0 Å². The molecule has 0 unspecified atom stereocenters. The molecule has 1 aromatic rings. The number of rotatable bonds is 4. The van der Waals surface area contributed by atoms with Crippen LogP contribution in [0.5, 0.6) is 0 Å². The van der Waals surface area contributed by atoms with Gasteiger partial charge in [-0.2, -0.15) is 0 Å². The average Bonchev–Trinajstić information content (AvgIpc) is 2.43. The molecule has 1 nitrogen and oxygen atoms in total. The van der Waals surface area contributed by atoms with Gasteiger partial charge in [0.15, 0.2) is 0 Å². The van der Waals surface area contributed by atoms with Crippen molar-refractivity contribution in [2.75, 3.05) is 5.32 Å². The van der Waals surface area contributed by atoms with Gasteiger partial charge < -0.3 is 5.32 Å². The fraction of sp³-hybridized carbons (Fsp3) is 0.684. The molecule has 1 saturated carbocycles. The molecule has 1 aromatic carbocycles. The van der Waals surface area contributed by atoms with Crippen LogP contribution in [0.2, 0.25) is 0 Å². The highest BCUT2D eigenvalue weighted by Crippen LogP contribution is 2.41. The van der Waals surface area contributed by atoms with E-state index in [2.05, 4.69) is 68.0 Å². The van der Waals surface area contributed by atoms with Gasteiger partial charge in [-0.15, -0.1) is 0 Å². The van der Waals surface area contributed by atoms with Gasteiger partial charge >= 0.3 is 0 Å². The molecular formula is C19H30BrN. The Morgan fingerprint density at radius 3 is 2.29 bits per heavy atom. The Morgan fingerprint density at radius 2 is 1.76 bits per heavy atom. The molecule has 0 atom stereocenters. The number of anilines is 1. The second-order valence-corrected chi connectivity index (χ2v) is 8.33. The average molecular weight is 352 g/mol. The van der Waals surface area contributed by atoms with E-state index in [-0.39, 0.29) is 0 Å². The number of benzene rings is 1. The maximum absolute atomic E-state index is 3.79. The van der Waals surface area contributed by atoms with Crippen LogP contribution in [0.1, 0.15) is 64.0 Å². The van der Waals surface area contributed by atoms with Crippen LogP contribution in [0.4, 0.5) is 5.69 Å². The summed E-state index contributed by atoms with van der Waals surface area (Å²) in [6.45, 7) is 11.6. The molecule has 2 heteroatoms. The van der Waals surface area contributed by atoms with Gasteiger partial charge in [0.05, 0.1) is 5.69 Å². The van der Waals surface area contributed by atoms with Crippen LogP contribution in [0.3, 0.4) is 0 Å². The Labute approximate surface area is 139 Å². The predicted molar refractivity (Wildman–Crippen MR) is 97.1 cm³/mol. The van der Waals surface area contributed by atoms with Gasteiger partial charge in [-0.05, 0) is 84.0 Å². The fourth-order valence-electron chi connectivity index (χ4n) is 3.61. The Kier molecular flexibility index (Phi) is 5.40. The molecule has 0 radical (unpaired) electrons. The van der Waals surface area contributed by atoms with Crippen molar-refractivity contribution in [1.29, 1.82) is 0 Å². The van der Waals surface area contributed by atoms with E-state index in [1.165, 1.54) is 53.4 Å². The standard InChI is InChI=1S/C19H30BrN/c1-6-19(4,5)15-7-9-16(10-8-15)21-18-14(3)11-13(2)12-17(18)20/h11-12,15-16,21H,6-10H2,1-5H3. The highest BCUT2D eigenvalue weighted by atomic mass is 79.9.